The minimum atomic E-state index is -3.07. The van der Waals surface area contributed by atoms with Crippen molar-refractivity contribution in [1.82, 2.24) is 9.78 Å². The Labute approximate surface area is 110 Å². The first-order valence-electron chi connectivity index (χ1n) is 5.26. The highest BCUT2D eigenvalue weighted by Crippen LogP contribution is 2.28. The first-order chi connectivity index (χ1) is 9.40. The molecule has 9 heteroatoms. The number of carboxylic acids is 1. The average molecular weight is 283 g/mol. The maximum absolute atomic E-state index is 12.6. The number of nitrogens with zero attached hydrogens (tertiary/aromatic N) is 3. The van der Waals surface area contributed by atoms with Gasteiger partial charge < -0.3 is 5.11 Å². The number of rotatable bonds is 4. The fraction of sp³-hybridized carbons (Fsp3) is 0.0909. The maximum Gasteiger partial charge on any atom is 0.335 e. The highest BCUT2D eigenvalue weighted by atomic mass is 19.3. The molecular weight excluding hydrogens is 276 g/mol. The van der Waals surface area contributed by atoms with Gasteiger partial charge in [-0.3, -0.25) is 10.1 Å². The quantitative estimate of drug-likeness (QED) is 0.686. The van der Waals surface area contributed by atoms with Gasteiger partial charge in [-0.2, -0.15) is 5.10 Å². The molecule has 2 aromatic rings. The van der Waals surface area contributed by atoms with Gasteiger partial charge in [0.2, 0.25) is 5.69 Å². The van der Waals surface area contributed by atoms with Gasteiger partial charge in [0.15, 0.2) is 0 Å². The summed E-state index contributed by atoms with van der Waals surface area (Å²) in [4.78, 5) is 20.4. The van der Waals surface area contributed by atoms with Crippen LogP contribution < -0.4 is 0 Å². The van der Waals surface area contributed by atoms with E-state index in [9.17, 15) is 23.7 Å². The average Bonchev–Trinajstić information content (AvgIpc) is 2.84. The zero-order valence-corrected chi connectivity index (χ0v) is 9.73. The fourth-order valence-electron chi connectivity index (χ4n) is 1.56. The van der Waals surface area contributed by atoms with Crippen molar-refractivity contribution >= 4 is 11.7 Å². The largest absolute Gasteiger partial charge is 0.478 e. The topological polar surface area (TPSA) is 98.3 Å². The van der Waals surface area contributed by atoms with E-state index < -0.39 is 28.7 Å². The third-order valence-electron chi connectivity index (χ3n) is 2.50. The number of hydrogen-bond donors (Lipinski definition) is 1. The van der Waals surface area contributed by atoms with E-state index in [4.69, 9.17) is 5.11 Å². The van der Waals surface area contributed by atoms with E-state index in [2.05, 4.69) is 5.10 Å². The Morgan fingerprint density at radius 3 is 2.35 bits per heavy atom. The van der Waals surface area contributed by atoms with Crippen LogP contribution in [-0.4, -0.2) is 25.8 Å². The third kappa shape index (κ3) is 2.46. The van der Waals surface area contributed by atoms with Crippen molar-refractivity contribution in [3.8, 4) is 5.69 Å². The predicted molar refractivity (Wildman–Crippen MR) is 62.1 cm³/mol. The Hall–Kier alpha value is -2.84. The first-order valence-corrected chi connectivity index (χ1v) is 5.26. The predicted octanol–water partition coefficient (Wildman–Crippen LogP) is 2.42. The maximum atomic E-state index is 12.6. The minimum absolute atomic E-state index is 0.00416. The molecule has 2 rings (SSSR count). The molecule has 0 saturated heterocycles. The van der Waals surface area contributed by atoms with Gasteiger partial charge in [-0.05, 0) is 24.3 Å². The molecule has 0 aliphatic rings. The summed E-state index contributed by atoms with van der Waals surface area (Å²) in [6, 6.07) is 5.12. The molecule has 0 bridgehead atoms. The standard InChI is InChI=1S/C11H7F2N3O4/c12-10(13)9-8(16(19)20)5-15(14-9)7-3-1-6(2-4-7)11(17)18/h1-5,10H,(H,17,18). The van der Waals surface area contributed by atoms with E-state index >= 15 is 0 Å². The SMILES string of the molecule is O=C(O)c1ccc(-n2cc([N+](=O)[O-])c(C(F)F)n2)cc1. The van der Waals surface area contributed by atoms with Gasteiger partial charge in [0, 0.05) is 0 Å². The molecule has 0 aliphatic heterocycles. The lowest BCUT2D eigenvalue weighted by molar-refractivity contribution is -0.386. The van der Waals surface area contributed by atoms with Crippen LogP contribution in [0.2, 0.25) is 0 Å². The van der Waals surface area contributed by atoms with Crippen molar-refractivity contribution in [3.63, 3.8) is 0 Å². The van der Waals surface area contributed by atoms with Gasteiger partial charge in [0.1, 0.15) is 6.20 Å². The summed E-state index contributed by atoms with van der Waals surface area (Å²) >= 11 is 0. The lowest BCUT2D eigenvalue weighted by Crippen LogP contribution is -1.99. The van der Waals surface area contributed by atoms with Crippen LogP contribution >= 0.6 is 0 Å². The molecule has 0 fully saturated rings. The molecular formula is C11H7F2N3O4. The van der Waals surface area contributed by atoms with Crippen LogP contribution in [0.4, 0.5) is 14.5 Å². The van der Waals surface area contributed by atoms with E-state index in [1.807, 2.05) is 0 Å². The lowest BCUT2D eigenvalue weighted by Gasteiger charge is -2.00. The highest BCUT2D eigenvalue weighted by molar-refractivity contribution is 5.87. The van der Waals surface area contributed by atoms with Gasteiger partial charge >= 0.3 is 11.7 Å². The molecule has 1 N–H and O–H groups in total. The van der Waals surface area contributed by atoms with Crippen LogP contribution in [0.15, 0.2) is 30.5 Å². The van der Waals surface area contributed by atoms with Crippen molar-refractivity contribution < 1.29 is 23.6 Å². The molecule has 1 aromatic heterocycles. The molecule has 0 atom stereocenters. The van der Waals surface area contributed by atoms with Crippen LogP contribution in [-0.2, 0) is 0 Å². The van der Waals surface area contributed by atoms with Gasteiger partial charge in [0.25, 0.3) is 6.43 Å². The Morgan fingerprint density at radius 2 is 1.95 bits per heavy atom. The summed E-state index contributed by atoms with van der Waals surface area (Å²) in [5.41, 5.74) is -1.48. The summed E-state index contributed by atoms with van der Waals surface area (Å²) in [6.45, 7) is 0. The van der Waals surface area contributed by atoms with Crippen LogP contribution in [0.25, 0.3) is 5.69 Å². The van der Waals surface area contributed by atoms with Gasteiger partial charge in [-0.15, -0.1) is 0 Å². The molecule has 7 nitrogen and oxygen atoms in total. The van der Waals surface area contributed by atoms with Crippen molar-refractivity contribution in [2.75, 3.05) is 0 Å². The van der Waals surface area contributed by atoms with Crippen molar-refractivity contribution in [3.05, 3.63) is 51.8 Å². The normalized spacial score (nSPS) is 10.8. The molecule has 0 amide bonds. The van der Waals surface area contributed by atoms with E-state index in [0.29, 0.717) is 0 Å². The first kappa shape index (κ1) is 13.6. The number of carboxylic acid groups (broad SMARTS) is 1. The molecule has 0 unspecified atom stereocenters. The van der Waals surface area contributed by atoms with E-state index in [-0.39, 0.29) is 11.3 Å². The van der Waals surface area contributed by atoms with Crippen LogP contribution in [0.5, 0.6) is 0 Å². The Bertz CT molecular complexity index is 667. The number of hydrogen-bond acceptors (Lipinski definition) is 4. The second-order valence-electron chi connectivity index (χ2n) is 3.75. The van der Waals surface area contributed by atoms with Crippen molar-refractivity contribution in [1.29, 1.82) is 0 Å². The second kappa shape index (κ2) is 5.03. The second-order valence-corrected chi connectivity index (χ2v) is 3.75. The molecule has 0 radical (unpaired) electrons. The van der Waals surface area contributed by atoms with E-state index in [0.717, 1.165) is 10.9 Å². The number of alkyl halides is 2. The Morgan fingerprint density at radius 1 is 1.35 bits per heavy atom. The number of halogens is 2. The van der Waals surface area contributed by atoms with E-state index in [1.165, 1.54) is 24.3 Å². The molecule has 0 aliphatic carbocycles. The number of carbonyl (C=O) groups is 1. The van der Waals surface area contributed by atoms with E-state index in [1.54, 1.807) is 0 Å². The van der Waals surface area contributed by atoms with Gasteiger partial charge in [-0.25, -0.2) is 18.3 Å². The number of aromatic carboxylic acids is 1. The summed E-state index contributed by atoms with van der Waals surface area (Å²) in [5, 5.41) is 22.8. The van der Waals surface area contributed by atoms with Gasteiger partial charge in [-0.1, -0.05) is 0 Å². The summed E-state index contributed by atoms with van der Waals surface area (Å²) in [5.74, 6) is -1.14. The zero-order chi connectivity index (χ0) is 14.9. The van der Waals surface area contributed by atoms with Crippen LogP contribution in [0, 0.1) is 10.1 Å². The summed E-state index contributed by atoms with van der Waals surface area (Å²) < 4.78 is 26.2. The molecule has 1 heterocycles. The summed E-state index contributed by atoms with van der Waals surface area (Å²) in [7, 11) is 0. The number of benzene rings is 1. The number of aromatic nitrogens is 2. The minimum Gasteiger partial charge on any atom is -0.478 e. The van der Waals surface area contributed by atoms with Crippen molar-refractivity contribution in [2.45, 2.75) is 6.43 Å². The third-order valence-corrected chi connectivity index (χ3v) is 2.50. The van der Waals surface area contributed by atoms with Crippen LogP contribution in [0.1, 0.15) is 22.5 Å². The molecule has 20 heavy (non-hydrogen) atoms. The van der Waals surface area contributed by atoms with Crippen molar-refractivity contribution in [2.24, 2.45) is 0 Å². The molecule has 104 valence electrons. The highest BCUT2D eigenvalue weighted by Gasteiger charge is 2.27. The zero-order valence-electron chi connectivity index (χ0n) is 9.73. The molecule has 0 saturated carbocycles. The Balaban J connectivity index is 2.45. The lowest BCUT2D eigenvalue weighted by atomic mass is 10.2. The summed E-state index contributed by atoms with van der Waals surface area (Å²) in [6.07, 6.45) is -2.22. The molecule has 0 spiro atoms. The Kier molecular flexibility index (Phi) is 3.42. The number of nitro groups is 1. The van der Waals surface area contributed by atoms with Gasteiger partial charge in [0.05, 0.1) is 16.2 Å². The smallest absolute Gasteiger partial charge is 0.335 e. The molecule has 1 aromatic carbocycles. The van der Waals surface area contributed by atoms with Crippen LogP contribution in [0.3, 0.4) is 0 Å². The fourth-order valence-corrected chi connectivity index (χ4v) is 1.56. The monoisotopic (exact) mass is 283 g/mol.